The molecule has 0 aliphatic carbocycles. The van der Waals surface area contributed by atoms with Crippen LogP contribution in [0.2, 0.25) is 0 Å². The van der Waals surface area contributed by atoms with Gasteiger partial charge in [0.05, 0.1) is 6.61 Å². The van der Waals surface area contributed by atoms with Crippen LogP contribution in [0.1, 0.15) is 5.69 Å². The molecule has 0 fully saturated rings. The van der Waals surface area contributed by atoms with Gasteiger partial charge in [0, 0.05) is 24.5 Å². The van der Waals surface area contributed by atoms with Gasteiger partial charge >= 0.3 is 0 Å². The summed E-state index contributed by atoms with van der Waals surface area (Å²) in [4.78, 5) is 8.76. The average molecular weight is 177 g/mol. The van der Waals surface area contributed by atoms with E-state index >= 15 is 0 Å². The average Bonchev–Trinajstić information content (AvgIpc) is 2.58. The molecule has 13 heavy (non-hydrogen) atoms. The molecule has 4 heteroatoms. The van der Waals surface area contributed by atoms with Gasteiger partial charge in [-0.05, 0) is 12.1 Å². The third-order valence-corrected chi connectivity index (χ3v) is 1.97. The lowest BCUT2D eigenvalue weighted by molar-refractivity contribution is 0.140. The predicted octanol–water partition coefficient (Wildman–Crippen LogP) is 0.767. The van der Waals surface area contributed by atoms with Gasteiger partial charge in [0.15, 0.2) is 0 Å². The van der Waals surface area contributed by atoms with E-state index in [1.807, 2.05) is 35.0 Å². The predicted molar refractivity (Wildman–Crippen MR) is 49.0 cm³/mol. The first kappa shape index (κ1) is 8.22. The summed E-state index contributed by atoms with van der Waals surface area (Å²) in [5, 5.41) is 0. The third-order valence-electron chi connectivity index (χ3n) is 1.97. The second-order valence-electron chi connectivity index (χ2n) is 2.80. The van der Waals surface area contributed by atoms with Crippen molar-refractivity contribution in [1.29, 1.82) is 0 Å². The van der Waals surface area contributed by atoms with E-state index in [9.17, 15) is 0 Å². The van der Waals surface area contributed by atoms with E-state index in [-0.39, 0.29) is 0 Å². The van der Waals surface area contributed by atoms with Gasteiger partial charge in [-0.1, -0.05) is 6.07 Å². The topological polar surface area (TPSA) is 52.5 Å². The van der Waals surface area contributed by atoms with Crippen LogP contribution in [-0.2, 0) is 11.3 Å². The molecule has 2 heterocycles. The summed E-state index contributed by atoms with van der Waals surface area (Å²) in [6, 6.07) is 5.90. The molecule has 2 aromatic rings. The second-order valence-corrected chi connectivity index (χ2v) is 2.80. The van der Waals surface area contributed by atoms with Crippen molar-refractivity contribution in [2.24, 2.45) is 5.90 Å². The monoisotopic (exact) mass is 177 g/mol. The summed E-state index contributed by atoms with van der Waals surface area (Å²) in [6.07, 6.45) is 4.60. The zero-order valence-electron chi connectivity index (χ0n) is 7.18. The van der Waals surface area contributed by atoms with Crippen molar-refractivity contribution in [3.63, 3.8) is 0 Å². The molecule has 0 aliphatic rings. The number of imidazole rings is 1. The Bertz CT molecular complexity index is 396. The Labute approximate surface area is 75.9 Å². The first-order chi connectivity index (χ1) is 6.42. The maximum atomic E-state index is 4.96. The van der Waals surface area contributed by atoms with Crippen LogP contribution in [0.5, 0.6) is 0 Å². The number of hydrogen-bond acceptors (Lipinski definition) is 3. The number of nitrogens with zero attached hydrogens (tertiary/aromatic N) is 2. The summed E-state index contributed by atoms with van der Waals surface area (Å²) in [5.74, 6) is 4.96. The number of rotatable bonds is 3. The van der Waals surface area contributed by atoms with E-state index in [1.165, 1.54) is 0 Å². The third kappa shape index (κ3) is 1.54. The van der Waals surface area contributed by atoms with Gasteiger partial charge in [-0.2, -0.15) is 0 Å². The highest BCUT2D eigenvalue weighted by molar-refractivity contribution is 5.39. The molecule has 2 N–H and O–H groups in total. The van der Waals surface area contributed by atoms with Crippen molar-refractivity contribution in [3.05, 3.63) is 36.3 Å². The van der Waals surface area contributed by atoms with Crippen molar-refractivity contribution in [3.8, 4) is 0 Å². The van der Waals surface area contributed by atoms with Crippen LogP contribution in [0.15, 0.2) is 30.6 Å². The highest BCUT2D eigenvalue weighted by atomic mass is 16.6. The summed E-state index contributed by atoms with van der Waals surface area (Å²) >= 11 is 0. The van der Waals surface area contributed by atoms with E-state index in [0.717, 1.165) is 17.8 Å². The van der Waals surface area contributed by atoms with Gasteiger partial charge in [0.2, 0.25) is 0 Å². The van der Waals surface area contributed by atoms with Crippen LogP contribution >= 0.6 is 0 Å². The van der Waals surface area contributed by atoms with Gasteiger partial charge in [-0.3, -0.25) is 0 Å². The van der Waals surface area contributed by atoms with Crippen LogP contribution in [0.25, 0.3) is 5.65 Å². The van der Waals surface area contributed by atoms with Crippen LogP contribution < -0.4 is 5.90 Å². The molecular weight excluding hydrogens is 166 g/mol. The highest BCUT2D eigenvalue weighted by Gasteiger charge is 2.00. The highest BCUT2D eigenvalue weighted by Crippen LogP contribution is 2.06. The molecular formula is C9H11N3O. The van der Waals surface area contributed by atoms with Crippen molar-refractivity contribution in [1.82, 2.24) is 9.38 Å². The number of hydrogen-bond donors (Lipinski definition) is 1. The van der Waals surface area contributed by atoms with Crippen LogP contribution in [0.3, 0.4) is 0 Å². The second kappa shape index (κ2) is 3.55. The minimum Gasteiger partial charge on any atom is -0.304 e. The van der Waals surface area contributed by atoms with E-state index in [4.69, 9.17) is 5.90 Å². The largest absolute Gasteiger partial charge is 0.304 e. The zero-order valence-corrected chi connectivity index (χ0v) is 7.18. The van der Waals surface area contributed by atoms with Crippen molar-refractivity contribution in [2.75, 3.05) is 6.61 Å². The summed E-state index contributed by atoms with van der Waals surface area (Å²) in [6.45, 7) is 0.517. The SMILES string of the molecule is NOCCc1cnc2ccccn12. The fraction of sp³-hybridized carbons (Fsp3) is 0.222. The summed E-state index contributed by atoms with van der Waals surface area (Å²) < 4.78 is 2.03. The fourth-order valence-corrected chi connectivity index (χ4v) is 1.33. The quantitative estimate of drug-likeness (QED) is 0.704. The number of fused-ring (bicyclic) bond motifs is 1. The molecule has 0 aromatic carbocycles. The number of pyridine rings is 1. The van der Waals surface area contributed by atoms with Gasteiger partial charge < -0.3 is 9.24 Å². The lowest BCUT2D eigenvalue weighted by Gasteiger charge is -1.99. The molecule has 0 spiro atoms. The van der Waals surface area contributed by atoms with Crippen LogP contribution in [0.4, 0.5) is 0 Å². The molecule has 68 valence electrons. The van der Waals surface area contributed by atoms with Gasteiger partial charge in [0.25, 0.3) is 0 Å². The Morgan fingerprint density at radius 3 is 3.23 bits per heavy atom. The Morgan fingerprint density at radius 2 is 2.38 bits per heavy atom. The normalized spacial score (nSPS) is 10.8. The van der Waals surface area contributed by atoms with Gasteiger partial charge in [-0.15, -0.1) is 0 Å². The van der Waals surface area contributed by atoms with E-state index in [2.05, 4.69) is 9.82 Å². The zero-order chi connectivity index (χ0) is 9.10. The maximum absolute atomic E-state index is 4.96. The smallest absolute Gasteiger partial charge is 0.136 e. The molecule has 2 aromatic heterocycles. The van der Waals surface area contributed by atoms with Crippen molar-refractivity contribution in [2.45, 2.75) is 6.42 Å². The van der Waals surface area contributed by atoms with Crippen LogP contribution in [-0.4, -0.2) is 16.0 Å². The molecule has 4 nitrogen and oxygen atoms in total. The van der Waals surface area contributed by atoms with Gasteiger partial charge in [0.1, 0.15) is 5.65 Å². The van der Waals surface area contributed by atoms with E-state index in [0.29, 0.717) is 6.61 Å². The molecule has 0 atom stereocenters. The number of nitrogens with two attached hydrogens (primary N) is 1. The molecule has 0 bridgehead atoms. The Hall–Kier alpha value is -1.39. The van der Waals surface area contributed by atoms with Crippen molar-refractivity contribution < 1.29 is 4.84 Å². The molecule has 0 unspecified atom stereocenters. The first-order valence-electron chi connectivity index (χ1n) is 4.14. The minimum atomic E-state index is 0.517. The first-order valence-corrected chi connectivity index (χ1v) is 4.14. The molecule has 0 aliphatic heterocycles. The number of aromatic nitrogens is 2. The Morgan fingerprint density at radius 1 is 1.46 bits per heavy atom. The summed E-state index contributed by atoms with van der Waals surface area (Å²) in [7, 11) is 0. The Balaban J connectivity index is 2.35. The maximum Gasteiger partial charge on any atom is 0.136 e. The standard InChI is InChI=1S/C9H11N3O/c10-13-6-4-8-7-11-9-3-1-2-5-12(8)9/h1-3,5,7H,4,6,10H2. The van der Waals surface area contributed by atoms with Gasteiger partial charge in [-0.25, -0.2) is 10.9 Å². The molecule has 0 saturated carbocycles. The molecule has 0 amide bonds. The van der Waals surface area contributed by atoms with Crippen LogP contribution in [0, 0.1) is 0 Å². The lowest BCUT2D eigenvalue weighted by atomic mass is 10.3. The molecule has 2 rings (SSSR count). The van der Waals surface area contributed by atoms with Crippen molar-refractivity contribution >= 4 is 5.65 Å². The molecule has 0 radical (unpaired) electrons. The Kier molecular flexibility index (Phi) is 2.25. The minimum absolute atomic E-state index is 0.517. The lowest BCUT2D eigenvalue weighted by Crippen LogP contribution is -2.05. The fourth-order valence-electron chi connectivity index (χ4n) is 1.33. The summed E-state index contributed by atoms with van der Waals surface area (Å²) in [5.41, 5.74) is 2.07. The van der Waals surface area contributed by atoms with E-state index < -0.39 is 0 Å². The molecule has 0 saturated heterocycles. The van der Waals surface area contributed by atoms with E-state index in [1.54, 1.807) is 0 Å².